The van der Waals surface area contributed by atoms with Crippen LogP contribution in [0.5, 0.6) is 0 Å². The Morgan fingerprint density at radius 3 is 2.79 bits per heavy atom. The maximum atomic E-state index is 8.80. The van der Waals surface area contributed by atoms with E-state index in [1.807, 2.05) is 6.07 Å². The van der Waals surface area contributed by atoms with Gasteiger partial charge in [0.1, 0.15) is 6.07 Å². The minimum Gasteiger partial charge on any atom is -0.394 e. The molecule has 0 saturated carbocycles. The molecule has 0 bridgehead atoms. The van der Waals surface area contributed by atoms with Crippen molar-refractivity contribution in [1.82, 2.24) is 10.2 Å². The average molecular weight is 194 g/mol. The summed E-state index contributed by atoms with van der Waals surface area (Å²) in [5.41, 5.74) is 0.326. The predicted molar refractivity (Wildman–Crippen MR) is 48.3 cm³/mol. The minimum absolute atomic E-state index is 0.238. The van der Waals surface area contributed by atoms with Crippen LogP contribution in [0.15, 0.2) is 12.3 Å². The minimum atomic E-state index is -0.529. The molecular weight excluding hydrogens is 184 g/mol. The van der Waals surface area contributed by atoms with Crippen LogP contribution in [-0.2, 0) is 0 Å². The van der Waals surface area contributed by atoms with Crippen molar-refractivity contribution >= 4 is 5.82 Å². The number of aliphatic hydroxyl groups is 2. The quantitative estimate of drug-likeness (QED) is 0.575. The highest BCUT2D eigenvalue weighted by Gasteiger charge is 2.09. The van der Waals surface area contributed by atoms with Crippen molar-refractivity contribution in [3.8, 4) is 6.07 Å². The summed E-state index contributed by atoms with van der Waals surface area (Å²) in [7, 11) is 0. The molecule has 0 amide bonds. The summed E-state index contributed by atoms with van der Waals surface area (Å²) in [6, 6.07) is 2.89. The Morgan fingerprint density at radius 1 is 1.50 bits per heavy atom. The molecule has 0 aromatic carbocycles. The number of anilines is 1. The fourth-order valence-electron chi connectivity index (χ4n) is 0.871. The Balaban J connectivity index is 2.80. The second-order valence-electron chi connectivity index (χ2n) is 2.61. The molecule has 1 aromatic rings. The zero-order chi connectivity index (χ0) is 10.4. The molecule has 6 heteroatoms. The first kappa shape index (κ1) is 10.4. The van der Waals surface area contributed by atoms with Gasteiger partial charge in [0.2, 0.25) is 0 Å². The molecule has 0 aliphatic carbocycles. The molecule has 0 radical (unpaired) electrons. The van der Waals surface area contributed by atoms with E-state index in [9.17, 15) is 0 Å². The van der Waals surface area contributed by atoms with E-state index >= 15 is 0 Å². The Hall–Kier alpha value is -1.71. The van der Waals surface area contributed by atoms with E-state index in [1.54, 1.807) is 0 Å². The maximum absolute atomic E-state index is 8.80. The lowest BCUT2D eigenvalue weighted by Gasteiger charge is -2.13. The van der Waals surface area contributed by atoms with Gasteiger partial charge in [-0.15, -0.1) is 5.10 Å². The first-order chi connectivity index (χ1) is 6.81. The first-order valence-corrected chi connectivity index (χ1v) is 4.02. The summed E-state index contributed by atoms with van der Waals surface area (Å²) in [6.45, 7) is -0.476. The number of hydrogen-bond acceptors (Lipinski definition) is 6. The molecule has 74 valence electrons. The van der Waals surface area contributed by atoms with Crippen LogP contribution in [0.1, 0.15) is 5.56 Å². The Kier molecular flexibility index (Phi) is 3.79. The fraction of sp³-hybridized carbons (Fsp3) is 0.375. The van der Waals surface area contributed by atoms with Crippen LogP contribution in [-0.4, -0.2) is 39.7 Å². The Morgan fingerprint density at radius 2 is 2.21 bits per heavy atom. The lowest BCUT2D eigenvalue weighted by atomic mass is 10.2. The Bertz CT molecular complexity index is 332. The lowest BCUT2D eigenvalue weighted by Crippen LogP contribution is -2.28. The second-order valence-corrected chi connectivity index (χ2v) is 2.61. The number of aliphatic hydroxyl groups excluding tert-OH is 2. The summed E-state index contributed by atoms with van der Waals surface area (Å²) in [5.74, 6) is 0.267. The van der Waals surface area contributed by atoms with E-state index < -0.39 is 6.04 Å². The highest BCUT2D eigenvalue weighted by atomic mass is 16.3. The predicted octanol–water partition coefficient (Wildman–Crippen LogP) is -0.887. The van der Waals surface area contributed by atoms with Crippen molar-refractivity contribution in [2.24, 2.45) is 0 Å². The van der Waals surface area contributed by atoms with E-state index in [1.165, 1.54) is 12.3 Å². The second kappa shape index (κ2) is 5.11. The first-order valence-electron chi connectivity index (χ1n) is 4.02. The highest BCUT2D eigenvalue weighted by Crippen LogP contribution is 2.09. The van der Waals surface area contributed by atoms with Gasteiger partial charge in [-0.05, 0) is 6.07 Å². The third kappa shape index (κ3) is 2.39. The molecule has 0 saturated heterocycles. The van der Waals surface area contributed by atoms with Gasteiger partial charge in [0.25, 0.3) is 0 Å². The van der Waals surface area contributed by atoms with Crippen LogP contribution in [0.25, 0.3) is 0 Å². The molecule has 14 heavy (non-hydrogen) atoms. The van der Waals surface area contributed by atoms with Gasteiger partial charge in [-0.1, -0.05) is 0 Å². The van der Waals surface area contributed by atoms with Crippen LogP contribution in [0.3, 0.4) is 0 Å². The Labute approximate surface area is 80.8 Å². The van der Waals surface area contributed by atoms with Crippen LogP contribution in [0.4, 0.5) is 5.82 Å². The standard InChI is InChI=1S/C8H10N4O2/c9-3-6-1-2-10-12-8(6)11-7(4-13)5-14/h1-2,7,13-14H,4-5H2,(H,11,12). The van der Waals surface area contributed by atoms with Crippen LogP contribution >= 0.6 is 0 Å². The molecular formula is C8H10N4O2. The van der Waals surface area contributed by atoms with Gasteiger partial charge in [-0.25, -0.2) is 0 Å². The van der Waals surface area contributed by atoms with Gasteiger partial charge in [0, 0.05) is 0 Å². The van der Waals surface area contributed by atoms with Crippen molar-refractivity contribution in [3.63, 3.8) is 0 Å². The van der Waals surface area contributed by atoms with E-state index in [-0.39, 0.29) is 19.0 Å². The van der Waals surface area contributed by atoms with E-state index in [0.29, 0.717) is 5.56 Å². The van der Waals surface area contributed by atoms with Crippen molar-refractivity contribution in [2.75, 3.05) is 18.5 Å². The van der Waals surface area contributed by atoms with Gasteiger partial charge < -0.3 is 15.5 Å². The third-order valence-corrected chi connectivity index (χ3v) is 1.62. The number of nitriles is 1. The van der Waals surface area contributed by atoms with Gasteiger partial charge >= 0.3 is 0 Å². The van der Waals surface area contributed by atoms with Crippen LogP contribution in [0, 0.1) is 11.3 Å². The number of nitrogens with one attached hydrogen (secondary N) is 1. The van der Waals surface area contributed by atoms with Crippen molar-refractivity contribution in [1.29, 1.82) is 5.26 Å². The zero-order valence-corrected chi connectivity index (χ0v) is 7.38. The molecule has 0 unspecified atom stereocenters. The van der Waals surface area contributed by atoms with Gasteiger partial charge in [0.05, 0.1) is 31.0 Å². The zero-order valence-electron chi connectivity index (χ0n) is 7.38. The molecule has 3 N–H and O–H groups in total. The fourth-order valence-corrected chi connectivity index (χ4v) is 0.871. The van der Waals surface area contributed by atoms with E-state index in [2.05, 4.69) is 15.5 Å². The number of aromatic nitrogens is 2. The SMILES string of the molecule is N#Cc1ccnnc1NC(CO)CO. The van der Waals surface area contributed by atoms with Gasteiger partial charge in [0.15, 0.2) is 5.82 Å². The highest BCUT2D eigenvalue weighted by molar-refractivity contribution is 5.50. The normalized spacial score (nSPS) is 9.86. The van der Waals surface area contributed by atoms with Crippen molar-refractivity contribution in [2.45, 2.75) is 6.04 Å². The van der Waals surface area contributed by atoms with E-state index in [0.717, 1.165) is 0 Å². The molecule has 0 aliphatic rings. The summed E-state index contributed by atoms with van der Waals surface area (Å²) in [5, 5.41) is 36.3. The molecule has 0 fully saturated rings. The van der Waals surface area contributed by atoms with E-state index in [4.69, 9.17) is 15.5 Å². The smallest absolute Gasteiger partial charge is 0.167 e. The van der Waals surface area contributed by atoms with Crippen LogP contribution in [0.2, 0.25) is 0 Å². The monoisotopic (exact) mass is 194 g/mol. The number of rotatable bonds is 4. The summed E-state index contributed by atoms with van der Waals surface area (Å²) < 4.78 is 0. The van der Waals surface area contributed by atoms with Crippen molar-refractivity contribution in [3.05, 3.63) is 17.8 Å². The average Bonchev–Trinajstić information content (AvgIpc) is 2.26. The lowest BCUT2D eigenvalue weighted by molar-refractivity contribution is 0.203. The molecule has 6 nitrogen and oxygen atoms in total. The summed E-state index contributed by atoms with van der Waals surface area (Å²) in [4.78, 5) is 0. The molecule has 0 spiro atoms. The molecule has 1 heterocycles. The van der Waals surface area contributed by atoms with Gasteiger partial charge in [-0.3, -0.25) is 0 Å². The third-order valence-electron chi connectivity index (χ3n) is 1.62. The number of nitrogens with zero attached hydrogens (tertiary/aromatic N) is 3. The number of hydrogen-bond donors (Lipinski definition) is 3. The van der Waals surface area contributed by atoms with Gasteiger partial charge in [-0.2, -0.15) is 10.4 Å². The largest absolute Gasteiger partial charge is 0.394 e. The molecule has 1 aromatic heterocycles. The summed E-state index contributed by atoms with van der Waals surface area (Å²) in [6.07, 6.45) is 1.40. The van der Waals surface area contributed by atoms with Crippen molar-refractivity contribution < 1.29 is 10.2 Å². The van der Waals surface area contributed by atoms with Crippen LogP contribution < -0.4 is 5.32 Å². The maximum Gasteiger partial charge on any atom is 0.167 e. The summed E-state index contributed by atoms with van der Waals surface area (Å²) >= 11 is 0. The molecule has 1 rings (SSSR count). The molecule has 0 aliphatic heterocycles. The molecule has 0 atom stereocenters. The topological polar surface area (TPSA) is 102 Å².